The molecule has 0 aromatic carbocycles. The van der Waals surface area contributed by atoms with Gasteiger partial charge < -0.3 is 10.2 Å². The molecule has 3 heteroatoms. The first-order valence-corrected chi connectivity index (χ1v) is 10.3. The molecule has 0 aromatic heterocycles. The van der Waals surface area contributed by atoms with Gasteiger partial charge in [0.2, 0.25) is 0 Å². The predicted molar refractivity (Wildman–Crippen MR) is 97.8 cm³/mol. The second-order valence-electron chi connectivity index (χ2n) is 10.1. The number of aliphatic hydroxyl groups excluding tert-OH is 2. The maximum Gasteiger partial charge on any atom is 0.161 e. The fourth-order valence-corrected chi connectivity index (χ4v) is 7.92. The van der Waals surface area contributed by atoms with Gasteiger partial charge in [-0.05, 0) is 85.9 Å². The zero-order valence-corrected chi connectivity index (χ0v) is 15.8. The molecule has 4 aliphatic rings. The lowest BCUT2D eigenvalue weighted by molar-refractivity contribution is -0.168. The molecule has 2 N–H and O–H groups in total. The normalized spacial score (nSPS) is 52.2. The van der Waals surface area contributed by atoms with E-state index in [1.807, 2.05) is 0 Å². The summed E-state index contributed by atoms with van der Waals surface area (Å²) in [5.74, 6) is 2.05. The minimum Gasteiger partial charge on any atom is -0.393 e. The van der Waals surface area contributed by atoms with Crippen molar-refractivity contribution in [1.82, 2.24) is 0 Å². The Balaban J connectivity index is 1.66. The Labute approximate surface area is 151 Å². The van der Waals surface area contributed by atoms with E-state index in [1.54, 1.807) is 0 Å². The first-order valence-electron chi connectivity index (χ1n) is 10.3. The molecular weight excluding hydrogens is 312 g/mol. The van der Waals surface area contributed by atoms with Crippen LogP contribution in [0, 0.1) is 40.4 Å². The molecule has 0 amide bonds. The Morgan fingerprint density at radius 2 is 1.96 bits per heavy atom. The number of hydrogen-bond donors (Lipinski definition) is 2. The van der Waals surface area contributed by atoms with Crippen LogP contribution in [0.1, 0.15) is 65.2 Å². The van der Waals surface area contributed by atoms with Crippen LogP contribution in [-0.4, -0.2) is 28.7 Å². The molecule has 0 aliphatic heterocycles. The Morgan fingerprint density at radius 3 is 2.68 bits per heavy atom. The van der Waals surface area contributed by atoms with E-state index in [-0.39, 0.29) is 35.2 Å². The van der Waals surface area contributed by atoms with Gasteiger partial charge in [-0.3, -0.25) is 4.79 Å². The summed E-state index contributed by atoms with van der Waals surface area (Å²) < 4.78 is 0. The number of ketones is 1. The molecule has 0 aromatic rings. The van der Waals surface area contributed by atoms with E-state index in [0.29, 0.717) is 23.7 Å². The van der Waals surface area contributed by atoms with Crippen molar-refractivity contribution >= 4 is 5.78 Å². The number of fused-ring (bicyclic) bond motifs is 5. The number of Topliss-reactive ketones (excluding diaryl/α,β-unsaturated/α-hetero) is 1. The molecule has 4 aliphatic carbocycles. The van der Waals surface area contributed by atoms with Gasteiger partial charge >= 0.3 is 0 Å². The predicted octanol–water partition coefficient (Wildman–Crippen LogP) is 3.73. The van der Waals surface area contributed by atoms with Crippen molar-refractivity contribution in [2.75, 3.05) is 6.61 Å². The average Bonchev–Trinajstić information content (AvgIpc) is 2.91. The lowest BCUT2D eigenvalue weighted by Gasteiger charge is -2.62. The van der Waals surface area contributed by atoms with E-state index in [4.69, 9.17) is 0 Å². The van der Waals surface area contributed by atoms with Gasteiger partial charge in [-0.15, -0.1) is 0 Å². The van der Waals surface area contributed by atoms with Crippen molar-refractivity contribution in [2.45, 2.75) is 71.3 Å². The lowest BCUT2D eigenvalue weighted by atomic mass is 9.43. The van der Waals surface area contributed by atoms with Gasteiger partial charge in [0.05, 0.1) is 6.10 Å². The highest BCUT2D eigenvalue weighted by atomic mass is 16.3. The molecule has 25 heavy (non-hydrogen) atoms. The summed E-state index contributed by atoms with van der Waals surface area (Å²) in [6.45, 7) is 8.54. The minimum atomic E-state index is -0.348. The quantitative estimate of drug-likeness (QED) is 0.749. The van der Waals surface area contributed by atoms with Crippen LogP contribution in [-0.2, 0) is 4.79 Å². The summed E-state index contributed by atoms with van der Waals surface area (Å²) in [4.78, 5) is 12.3. The van der Waals surface area contributed by atoms with Gasteiger partial charge in [0.25, 0.3) is 0 Å². The van der Waals surface area contributed by atoms with Gasteiger partial charge in [0.15, 0.2) is 5.78 Å². The van der Waals surface area contributed by atoms with Crippen LogP contribution in [0.15, 0.2) is 12.2 Å². The maximum atomic E-state index is 12.3. The van der Waals surface area contributed by atoms with Crippen molar-refractivity contribution in [3.63, 3.8) is 0 Å². The van der Waals surface area contributed by atoms with Crippen LogP contribution in [0.5, 0.6) is 0 Å². The second-order valence-corrected chi connectivity index (χ2v) is 10.1. The molecule has 4 fully saturated rings. The molecular formula is C22H34O3. The van der Waals surface area contributed by atoms with E-state index in [1.165, 1.54) is 18.4 Å². The van der Waals surface area contributed by atoms with Crippen LogP contribution < -0.4 is 0 Å². The van der Waals surface area contributed by atoms with E-state index in [9.17, 15) is 15.0 Å². The second kappa shape index (κ2) is 5.92. The number of hydrogen-bond acceptors (Lipinski definition) is 3. The summed E-state index contributed by atoms with van der Waals surface area (Å²) in [6.07, 6.45) is 8.26. The van der Waals surface area contributed by atoms with Gasteiger partial charge in [-0.25, -0.2) is 0 Å². The largest absolute Gasteiger partial charge is 0.393 e. The number of carbonyl (C=O) groups is 1. The highest BCUT2D eigenvalue weighted by Crippen LogP contribution is 2.67. The summed E-state index contributed by atoms with van der Waals surface area (Å²) in [7, 11) is 0. The topological polar surface area (TPSA) is 57.5 Å². The van der Waals surface area contributed by atoms with Crippen LogP contribution in [0.3, 0.4) is 0 Å². The number of rotatable bonds is 2. The molecule has 0 bridgehead atoms. The van der Waals surface area contributed by atoms with Crippen molar-refractivity contribution < 1.29 is 15.0 Å². The lowest BCUT2D eigenvalue weighted by Crippen LogP contribution is -2.58. The molecule has 0 spiro atoms. The van der Waals surface area contributed by atoms with E-state index >= 15 is 0 Å². The summed E-state index contributed by atoms with van der Waals surface area (Å²) in [5, 5.41) is 20.7. The summed E-state index contributed by atoms with van der Waals surface area (Å²) in [5.41, 5.74) is 1.50. The van der Waals surface area contributed by atoms with Crippen molar-refractivity contribution in [3.8, 4) is 0 Å². The molecule has 8 atom stereocenters. The third-order valence-corrected chi connectivity index (χ3v) is 9.09. The van der Waals surface area contributed by atoms with Gasteiger partial charge in [-0.2, -0.15) is 0 Å². The smallest absolute Gasteiger partial charge is 0.161 e. The molecule has 0 radical (unpaired) electrons. The Morgan fingerprint density at radius 1 is 1.20 bits per heavy atom. The van der Waals surface area contributed by atoms with Crippen LogP contribution in [0.25, 0.3) is 0 Å². The SMILES string of the molecule is C=C1CCC2(C)C(CCC3C2C(O)CC2(C)C3CC[C@@H]2C(=O)CO)C1. The zero-order chi connectivity index (χ0) is 18.0. The number of allylic oxidation sites excluding steroid dienone is 1. The molecule has 0 heterocycles. The number of carbonyl (C=O) groups excluding carboxylic acids is 1. The van der Waals surface area contributed by atoms with Gasteiger partial charge in [0.1, 0.15) is 6.61 Å². The average molecular weight is 347 g/mol. The molecule has 0 saturated heterocycles. The van der Waals surface area contributed by atoms with Crippen molar-refractivity contribution in [2.24, 2.45) is 40.4 Å². The highest BCUT2D eigenvalue weighted by Gasteiger charge is 2.63. The van der Waals surface area contributed by atoms with E-state index in [0.717, 1.165) is 38.5 Å². The van der Waals surface area contributed by atoms with Crippen LogP contribution in [0.2, 0.25) is 0 Å². The maximum absolute atomic E-state index is 12.3. The molecule has 4 rings (SSSR count). The van der Waals surface area contributed by atoms with Crippen LogP contribution >= 0.6 is 0 Å². The first-order chi connectivity index (χ1) is 11.8. The fraction of sp³-hybridized carbons (Fsp3) is 0.864. The Kier molecular flexibility index (Phi) is 4.20. The van der Waals surface area contributed by atoms with Gasteiger partial charge in [0, 0.05) is 5.92 Å². The van der Waals surface area contributed by atoms with Crippen molar-refractivity contribution in [3.05, 3.63) is 12.2 Å². The first kappa shape index (κ1) is 17.7. The highest BCUT2D eigenvalue weighted by molar-refractivity contribution is 5.83. The Bertz CT molecular complexity index is 584. The molecule has 7 unspecified atom stereocenters. The van der Waals surface area contributed by atoms with Crippen LogP contribution in [0.4, 0.5) is 0 Å². The van der Waals surface area contributed by atoms with E-state index in [2.05, 4.69) is 20.4 Å². The standard InChI is InChI=1S/C22H34O3/c1-13-8-9-21(2)14(10-13)4-5-15-16-6-7-17(19(25)12-23)22(16,3)11-18(24)20(15)21/h14-18,20,23-24H,1,4-12H2,2-3H3/t14?,15?,16?,17-,18?,20?,21?,22?/m1/s1. The fourth-order valence-electron chi connectivity index (χ4n) is 7.92. The third-order valence-electron chi connectivity index (χ3n) is 9.09. The third kappa shape index (κ3) is 2.41. The van der Waals surface area contributed by atoms with Gasteiger partial charge in [-0.1, -0.05) is 26.0 Å². The molecule has 3 nitrogen and oxygen atoms in total. The minimum absolute atomic E-state index is 0.00971. The van der Waals surface area contributed by atoms with E-state index < -0.39 is 0 Å². The molecule has 140 valence electrons. The monoisotopic (exact) mass is 346 g/mol. The summed E-state index contributed by atoms with van der Waals surface area (Å²) in [6, 6.07) is 0. The Hall–Kier alpha value is -0.670. The summed E-state index contributed by atoms with van der Waals surface area (Å²) >= 11 is 0. The van der Waals surface area contributed by atoms with Crippen molar-refractivity contribution in [1.29, 1.82) is 0 Å². The zero-order valence-electron chi connectivity index (χ0n) is 15.8. The molecule has 4 saturated carbocycles. The number of aliphatic hydroxyl groups is 2.